The molecule has 0 amide bonds. The van der Waals surface area contributed by atoms with E-state index in [1.54, 1.807) is 0 Å². The normalized spacial score (nSPS) is 9.10. The molecule has 2 aromatic rings. The predicted octanol–water partition coefficient (Wildman–Crippen LogP) is 3.40. The third-order valence-electron chi connectivity index (χ3n) is 2.49. The van der Waals surface area contributed by atoms with Crippen molar-refractivity contribution in [1.82, 2.24) is 14.6 Å². The standard InChI is InChI=1S/C9H12N4.C4H8O.C2H6/c1-6-4-8(10-3)9-12-11-7(2)13(9)5-6;1-2-3-4-5;1-2/h4-5,10H,1-3H3;4H,2-3H2,1H3;1-2H3. The van der Waals surface area contributed by atoms with Gasteiger partial charge in [0.1, 0.15) is 12.1 Å². The maximum Gasteiger partial charge on any atom is 0.184 e. The number of anilines is 1. The topological polar surface area (TPSA) is 59.3 Å². The Morgan fingerprint density at radius 1 is 1.30 bits per heavy atom. The van der Waals surface area contributed by atoms with E-state index < -0.39 is 0 Å². The largest absolute Gasteiger partial charge is 0.385 e. The van der Waals surface area contributed by atoms with Crippen LogP contribution >= 0.6 is 0 Å². The van der Waals surface area contributed by atoms with Crippen molar-refractivity contribution in [3.05, 3.63) is 23.7 Å². The van der Waals surface area contributed by atoms with Crippen molar-refractivity contribution in [1.29, 1.82) is 0 Å². The number of hydrogen-bond donors (Lipinski definition) is 1. The molecular weight excluding hydrogens is 252 g/mol. The highest BCUT2D eigenvalue weighted by Gasteiger charge is 2.05. The first-order chi connectivity index (χ1) is 9.63. The minimum atomic E-state index is 0.708. The van der Waals surface area contributed by atoms with Gasteiger partial charge >= 0.3 is 0 Å². The lowest BCUT2D eigenvalue weighted by molar-refractivity contribution is -0.107. The van der Waals surface area contributed by atoms with Crippen molar-refractivity contribution in [2.45, 2.75) is 47.5 Å². The molecular formula is C15H26N4O. The molecule has 5 heteroatoms. The van der Waals surface area contributed by atoms with Crippen molar-refractivity contribution in [3.63, 3.8) is 0 Å². The molecule has 0 unspecified atom stereocenters. The molecule has 0 aliphatic carbocycles. The van der Waals surface area contributed by atoms with Crippen molar-refractivity contribution >= 4 is 17.6 Å². The monoisotopic (exact) mass is 278 g/mol. The fourth-order valence-electron chi connectivity index (χ4n) is 1.54. The predicted molar refractivity (Wildman–Crippen MR) is 84.3 cm³/mol. The van der Waals surface area contributed by atoms with Gasteiger partial charge in [-0.2, -0.15) is 0 Å². The van der Waals surface area contributed by atoms with Crippen LogP contribution in [0.25, 0.3) is 5.65 Å². The van der Waals surface area contributed by atoms with Crippen molar-refractivity contribution in [2.75, 3.05) is 12.4 Å². The minimum Gasteiger partial charge on any atom is -0.385 e. The Bertz CT molecular complexity index is 520. The molecule has 0 aliphatic rings. The number of aryl methyl sites for hydroxylation is 2. The number of aldehydes is 1. The number of unbranched alkanes of at least 4 members (excludes halogenated alkanes) is 1. The lowest BCUT2D eigenvalue weighted by Crippen LogP contribution is -1.96. The molecule has 0 aromatic carbocycles. The van der Waals surface area contributed by atoms with Crippen LogP contribution in [-0.4, -0.2) is 27.9 Å². The molecule has 20 heavy (non-hydrogen) atoms. The van der Waals surface area contributed by atoms with E-state index in [4.69, 9.17) is 0 Å². The summed E-state index contributed by atoms with van der Waals surface area (Å²) in [5.41, 5.74) is 3.09. The molecule has 0 saturated carbocycles. The highest BCUT2D eigenvalue weighted by atomic mass is 16.1. The molecule has 0 atom stereocenters. The summed E-state index contributed by atoms with van der Waals surface area (Å²) in [6, 6.07) is 2.06. The number of nitrogens with zero attached hydrogens (tertiary/aromatic N) is 3. The van der Waals surface area contributed by atoms with E-state index in [2.05, 4.69) is 28.5 Å². The van der Waals surface area contributed by atoms with Gasteiger partial charge in [-0.25, -0.2) is 0 Å². The van der Waals surface area contributed by atoms with Gasteiger partial charge in [0.2, 0.25) is 0 Å². The lowest BCUT2D eigenvalue weighted by atomic mass is 10.3. The fraction of sp³-hybridized carbons (Fsp3) is 0.533. The summed E-state index contributed by atoms with van der Waals surface area (Å²) < 4.78 is 1.99. The van der Waals surface area contributed by atoms with Crippen molar-refractivity contribution in [2.24, 2.45) is 0 Å². The van der Waals surface area contributed by atoms with Gasteiger partial charge in [0.25, 0.3) is 0 Å². The summed E-state index contributed by atoms with van der Waals surface area (Å²) in [4.78, 5) is 9.40. The number of fused-ring (bicyclic) bond motifs is 1. The average Bonchev–Trinajstić information content (AvgIpc) is 2.83. The molecule has 0 bridgehead atoms. The van der Waals surface area contributed by atoms with Gasteiger partial charge in [-0.1, -0.05) is 20.8 Å². The van der Waals surface area contributed by atoms with Crippen molar-refractivity contribution in [3.8, 4) is 0 Å². The molecule has 112 valence electrons. The van der Waals surface area contributed by atoms with Crippen LogP contribution in [0.4, 0.5) is 5.69 Å². The van der Waals surface area contributed by atoms with Gasteiger partial charge in [0.05, 0.1) is 5.69 Å². The van der Waals surface area contributed by atoms with E-state index in [1.807, 2.05) is 45.3 Å². The second-order valence-corrected chi connectivity index (χ2v) is 4.08. The maximum absolute atomic E-state index is 9.40. The summed E-state index contributed by atoms with van der Waals surface area (Å²) in [5.74, 6) is 0.912. The zero-order chi connectivity index (χ0) is 15.5. The van der Waals surface area contributed by atoms with E-state index in [0.29, 0.717) is 6.42 Å². The van der Waals surface area contributed by atoms with Crippen LogP contribution in [0.2, 0.25) is 0 Å². The van der Waals surface area contributed by atoms with Gasteiger partial charge in [-0.05, 0) is 31.9 Å². The number of rotatable bonds is 3. The molecule has 0 fully saturated rings. The third kappa shape index (κ3) is 4.99. The number of nitrogens with one attached hydrogen (secondary N) is 1. The smallest absolute Gasteiger partial charge is 0.184 e. The number of carbonyl (C=O) groups is 1. The Morgan fingerprint density at radius 3 is 2.40 bits per heavy atom. The summed E-state index contributed by atoms with van der Waals surface area (Å²) in [6.07, 6.45) is 4.65. The van der Waals surface area contributed by atoms with Gasteiger partial charge in [-0.3, -0.25) is 4.40 Å². The quantitative estimate of drug-likeness (QED) is 0.874. The maximum atomic E-state index is 9.40. The SMILES string of the molecule is CC.CCCC=O.CNc1cc(C)cn2c(C)nnc12. The first-order valence-corrected chi connectivity index (χ1v) is 7.07. The first kappa shape index (κ1) is 18.1. The summed E-state index contributed by atoms with van der Waals surface area (Å²) in [7, 11) is 1.89. The molecule has 2 heterocycles. The lowest BCUT2D eigenvalue weighted by Gasteiger charge is -2.03. The van der Waals surface area contributed by atoms with E-state index in [0.717, 1.165) is 29.9 Å². The Labute approximate surface area is 121 Å². The number of hydrogen-bond acceptors (Lipinski definition) is 4. The molecule has 1 N–H and O–H groups in total. The highest BCUT2D eigenvalue weighted by Crippen LogP contribution is 2.16. The third-order valence-corrected chi connectivity index (χ3v) is 2.49. The van der Waals surface area contributed by atoms with Crippen LogP contribution in [0.5, 0.6) is 0 Å². The highest BCUT2D eigenvalue weighted by molar-refractivity contribution is 5.67. The Hall–Kier alpha value is -1.91. The van der Waals surface area contributed by atoms with Crippen LogP contribution in [0.15, 0.2) is 12.3 Å². The van der Waals surface area contributed by atoms with E-state index in [-0.39, 0.29) is 0 Å². The molecule has 0 spiro atoms. The number of aromatic nitrogens is 3. The zero-order valence-corrected chi connectivity index (χ0v) is 13.4. The molecule has 0 aliphatic heterocycles. The minimum absolute atomic E-state index is 0.708. The van der Waals surface area contributed by atoms with Gasteiger partial charge < -0.3 is 10.1 Å². The van der Waals surface area contributed by atoms with Gasteiger partial charge in [0, 0.05) is 19.7 Å². The molecule has 2 rings (SSSR count). The summed E-state index contributed by atoms with van der Waals surface area (Å²) in [6.45, 7) is 9.98. The molecule has 0 radical (unpaired) electrons. The van der Waals surface area contributed by atoms with Crippen LogP contribution in [0.3, 0.4) is 0 Å². The molecule has 0 saturated heterocycles. The Kier molecular flexibility index (Phi) is 9.00. The van der Waals surface area contributed by atoms with Crippen molar-refractivity contribution < 1.29 is 4.79 Å². The van der Waals surface area contributed by atoms with Crippen LogP contribution in [0.1, 0.15) is 45.0 Å². The van der Waals surface area contributed by atoms with Crippen LogP contribution in [0, 0.1) is 13.8 Å². The molecule has 2 aromatic heterocycles. The number of carbonyl (C=O) groups excluding carboxylic acids is 1. The van der Waals surface area contributed by atoms with Gasteiger partial charge in [0.15, 0.2) is 5.65 Å². The Morgan fingerprint density at radius 2 is 1.95 bits per heavy atom. The summed E-state index contributed by atoms with van der Waals surface area (Å²) in [5, 5.41) is 11.2. The second-order valence-electron chi connectivity index (χ2n) is 4.08. The first-order valence-electron chi connectivity index (χ1n) is 7.07. The van der Waals surface area contributed by atoms with E-state index in [9.17, 15) is 4.79 Å². The van der Waals surface area contributed by atoms with Crippen LogP contribution < -0.4 is 5.32 Å². The average molecular weight is 278 g/mol. The Balaban J connectivity index is 0.000000441. The second kappa shape index (κ2) is 9.95. The summed E-state index contributed by atoms with van der Waals surface area (Å²) >= 11 is 0. The van der Waals surface area contributed by atoms with E-state index >= 15 is 0 Å². The van der Waals surface area contributed by atoms with Crippen LogP contribution in [-0.2, 0) is 4.79 Å². The number of pyridine rings is 1. The van der Waals surface area contributed by atoms with Gasteiger partial charge in [-0.15, -0.1) is 10.2 Å². The molecule has 5 nitrogen and oxygen atoms in total. The fourth-order valence-corrected chi connectivity index (χ4v) is 1.54. The van der Waals surface area contributed by atoms with E-state index in [1.165, 1.54) is 5.56 Å². The zero-order valence-electron chi connectivity index (χ0n) is 13.4.